The highest BCUT2D eigenvalue weighted by Crippen LogP contribution is 2.38. The Morgan fingerprint density at radius 3 is 1.48 bits per heavy atom. The fourth-order valence-electron chi connectivity index (χ4n) is 3.85. The third kappa shape index (κ3) is 3.06. The fourth-order valence-corrected chi connectivity index (χ4v) is 3.85. The van der Waals surface area contributed by atoms with Crippen LogP contribution >= 0.6 is 0 Å². The largest absolute Gasteiger partial charge is 0.281 e. The number of benzene rings is 4. The zero-order valence-corrected chi connectivity index (χ0v) is 15.1. The molecule has 0 radical (unpaired) electrons. The Morgan fingerprint density at radius 1 is 0.586 bits per heavy atom. The van der Waals surface area contributed by atoms with Crippen LogP contribution in [-0.2, 0) is 20.8 Å². The first-order chi connectivity index (χ1) is 14.2. The molecule has 0 unspecified atom stereocenters. The van der Waals surface area contributed by atoms with E-state index in [2.05, 4.69) is 21.0 Å². The van der Waals surface area contributed by atoms with Gasteiger partial charge in [-0.3, -0.25) is 0 Å². The molecule has 0 aromatic heterocycles. The third-order valence-corrected chi connectivity index (χ3v) is 4.96. The minimum absolute atomic E-state index is 0.0909. The Bertz CT molecular complexity index is 1320. The maximum atomic E-state index is 10.9. The SMILES string of the molecule is O=C=NC(Cc1cccc2c3ccccc3c3ccccc3c12)(N=C=O)N=C=O. The molecule has 0 atom stereocenters. The van der Waals surface area contributed by atoms with Gasteiger partial charge in [-0.05, 0) is 37.9 Å². The first kappa shape index (κ1) is 18.2. The van der Waals surface area contributed by atoms with E-state index in [1.807, 2.05) is 60.7 Å². The molecule has 0 fully saturated rings. The molecule has 6 heteroatoms. The van der Waals surface area contributed by atoms with Gasteiger partial charge >= 0.3 is 0 Å². The topological polar surface area (TPSA) is 88.3 Å². The summed E-state index contributed by atoms with van der Waals surface area (Å²) < 4.78 is 0. The van der Waals surface area contributed by atoms with Crippen LogP contribution in [0.4, 0.5) is 0 Å². The van der Waals surface area contributed by atoms with Gasteiger partial charge in [-0.1, -0.05) is 66.7 Å². The van der Waals surface area contributed by atoms with E-state index in [4.69, 9.17) is 0 Å². The maximum absolute atomic E-state index is 10.9. The van der Waals surface area contributed by atoms with Crippen LogP contribution in [0.2, 0.25) is 0 Å². The normalized spacial score (nSPS) is 12.6. The van der Waals surface area contributed by atoms with Crippen molar-refractivity contribution >= 4 is 50.6 Å². The van der Waals surface area contributed by atoms with Crippen LogP contribution < -0.4 is 0 Å². The lowest BCUT2D eigenvalue weighted by molar-refractivity contribution is 0.448. The lowest BCUT2D eigenvalue weighted by atomic mass is 9.90. The van der Waals surface area contributed by atoms with E-state index in [1.165, 1.54) is 18.2 Å². The van der Waals surface area contributed by atoms with Crippen LogP contribution in [0.1, 0.15) is 5.56 Å². The second kappa shape index (κ2) is 7.43. The van der Waals surface area contributed by atoms with E-state index in [1.54, 1.807) is 0 Å². The highest BCUT2D eigenvalue weighted by Gasteiger charge is 2.30. The molecular weight excluding hydrogens is 366 g/mol. The summed E-state index contributed by atoms with van der Waals surface area (Å²) in [6.07, 6.45) is 3.94. The van der Waals surface area contributed by atoms with Crippen molar-refractivity contribution in [3.8, 4) is 0 Å². The predicted octanol–water partition coefficient (Wildman–Crippen LogP) is 4.35. The zero-order valence-electron chi connectivity index (χ0n) is 15.1. The average molecular weight is 379 g/mol. The quantitative estimate of drug-likeness (QED) is 0.293. The molecule has 0 N–H and O–H groups in total. The van der Waals surface area contributed by atoms with Crippen LogP contribution in [0.25, 0.3) is 32.3 Å². The Hall–Kier alpha value is -4.20. The summed E-state index contributed by atoms with van der Waals surface area (Å²) in [6, 6.07) is 21.7. The number of rotatable bonds is 5. The summed E-state index contributed by atoms with van der Waals surface area (Å²) in [5.74, 6) is -1.97. The molecule has 29 heavy (non-hydrogen) atoms. The van der Waals surface area contributed by atoms with Gasteiger partial charge in [0.25, 0.3) is 5.79 Å². The molecule has 6 nitrogen and oxygen atoms in total. The van der Waals surface area contributed by atoms with E-state index in [0.29, 0.717) is 0 Å². The molecule has 0 aliphatic rings. The van der Waals surface area contributed by atoms with E-state index in [0.717, 1.165) is 37.9 Å². The van der Waals surface area contributed by atoms with Gasteiger partial charge in [-0.15, -0.1) is 15.0 Å². The summed E-state index contributed by atoms with van der Waals surface area (Å²) in [6.45, 7) is 0. The monoisotopic (exact) mass is 379 g/mol. The molecule has 0 heterocycles. The molecule has 0 aliphatic carbocycles. The fraction of sp³-hybridized carbons (Fsp3) is 0.0870. The minimum Gasteiger partial charge on any atom is -0.211 e. The highest BCUT2D eigenvalue weighted by atomic mass is 16.1. The molecule has 4 aromatic carbocycles. The molecule has 0 bridgehead atoms. The number of hydrogen-bond donors (Lipinski definition) is 0. The smallest absolute Gasteiger partial charge is 0.211 e. The van der Waals surface area contributed by atoms with Crippen molar-refractivity contribution < 1.29 is 14.4 Å². The molecule has 0 saturated heterocycles. The van der Waals surface area contributed by atoms with Crippen molar-refractivity contribution in [2.45, 2.75) is 12.2 Å². The standard InChI is InChI=1S/C23H13N3O3/c27-13-24-23(25-14-28,26-15-29)12-16-6-5-11-21-19-8-2-1-7-17(19)18-9-3-4-10-20(18)22(16)21/h1-11H,12H2. The number of carbonyl (C=O) groups excluding carboxylic acids is 3. The van der Waals surface area contributed by atoms with Gasteiger partial charge in [-0.2, -0.15) is 0 Å². The van der Waals surface area contributed by atoms with Crippen LogP contribution in [-0.4, -0.2) is 24.0 Å². The van der Waals surface area contributed by atoms with Crippen molar-refractivity contribution in [3.05, 3.63) is 72.3 Å². The predicted molar refractivity (Wildman–Crippen MR) is 110 cm³/mol. The Balaban J connectivity index is 2.13. The first-order valence-electron chi connectivity index (χ1n) is 8.81. The second-order valence-corrected chi connectivity index (χ2v) is 6.49. The number of hydrogen-bond acceptors (Lipinski definition) is 6. The highest BCUT2D eigenvalue weighted by molar-refractivity contribution is 6.26. The molecular formula is C23H13N3O3. The van der Waals surface area contributed by atoms with Crippen LogP contribution in [0.5, 0.6) is 0 Å². The lowest BCUT2D eigenvalue weighted by Gasteiger charge is -2.18. The van der Waals surface area contributed by atoms with Crippen molar-refractivity contribution in [1.82, 2.24) is 0 Å². The summed E-state index contributed by atoms with van der Waals surface area (Å²) in [5, 5.41) is 6.13. The molecule has 0 saturated carbocycles. The summed E-state index contributed by atoms with van der Waals surface area (Å²) >= 11 is 0. The van der Waals surface area contributed by atoms with Crippen molar-refractivity contribution in [2.24, 2.45) is 15.0 Å². The van der Waals surface area contributed by atoms with Crippen LogP contribution in [0.3, 0.4) is 0 Å². The van der Waals surface area contributed by atoms with Gasteiger partial charge in [-0.25, -0.2) is 14.4 Å². The molecule has 138 valence electrons. The van der Waals surface area contributed by atoms with E-state index in [9.17, 15) is 14.4 Å². The second-order valence-electron chi connectivity index (χ2n) is 6.49. The molecule has 4 aromatic rings. The maximum Gasteiger partial charge on any atom is 0.281 e. The molecule has 0 amide bonds. The Kier molecular flexibility index (Phi) is 4.66. The van der Waals surface area contributed by atoms with E-state index in [-0.39, 0.29) is 6.42 Å². The van der Waals surface area contributed by atoms with Crippen LogP contribution in [0, 0.1) is 0 Å². The van der Waals surface area contributed by atoms with E-state index >= 15 is 0 Å². The van der Waals surface area contributed by atoms with Gasteiger partial charge in [0.2, 0.25) is 18.2 Å². The van der Waals surface area contributed by atoms with Gasteiger partial charge in [0.1, 0.15) is 0 Å². The first-order valence-corrected chi connectivity index (χ1v) is 8.81. The number of nitrogens with zero attached hydrogens (tertiary/aromatic N) is 3. The Labute approximate surface area is 164 Å². The molecule has 0 aliphatic heterocycles. The van der Waals surface area contributed by atoms with Crippen molar-refractivity contribution in [1.29, 1.82) is 0 Å². The summed E-state index contributed by atoms with van der Waals surface area (Å²) in [7, 11) is 0. The van der Waals surface area contributed by atoms with Gasteiger partial charge in [0.15, 0.2) is 0 Å². The Morgan fingerprint density at radius 2 is 1.00 bits per heavy atom. The van der Waals surface area contributed by atoms with Gasteiger partial charge < -0.3 is 0 Å². The third-order valence-electron chi connectivity index (χ3n) is 4.96. The van der Waals surface area contributed by atoms with E-state index < -0.39 is 5.79 Å². The lowest BCUT2D eigenvalue weighted by Crippen LogP contribution is -2.24. The summed E-state index contributed by atoms with van der Waals surface area (Å²) in [5.41, 5.74) is 0.724. The van der Waals surface area contributed by atoms with Gasteiger partial charge in [0, 0.05) is 6.42 Å². The zero-order chi connectivity index (χ0) is 20.3. The molecule has 4 rings (SSSR count). The number of isocyanates is 3. The number of aliphatic imine (C=N–C) groups is 3. The average Bonchev–Trinajstić information content (AvgIpc) is 2.74. The number of fused-ring (bicyclic) bond motifs is 6. The minimum atomic E-state index is -1.97. The van der Waals surface area contributed by atoms with Gasteiger partial charge in [0.05, 0.1) is 0 Å². The summed E-state index contributed by atoms with van der Waals surface area (Å²) in [4.78, 5) is 43.4. The van der Waals surface area contributed by atoms with Crippen LogP contribution in [0.15, 0.2) is 81.7 Å². The molecule has 0 spiro atoms. The van der Waals surface area contributed by atoms with Crippen molar-refractivity contribution in [2.75, 3.05) is 0 Å². The van der Waals surface area contributed by atoms with Crippen molar-refractivity contribution in [3.63, 3.8) is 0 Å².